The largest absolute Gasteiger partial charge is 0.493 e. The minimum atomic E-state index is -0.0983. The smallest absolute Gasteiger partial charge is 0.258 e. The van der Waals surface area contributed by atoms with Crippen LogP contribution in [-0.4, -0.2) is 33.0 Å². The fourth-order valence-electron chi connectivity index (χ4n) is 4.23. The van der Waals surface area contributed by atoms with Crippen molar-refractivity contribution in [1.82, 2.24) is 4.57 Å². The molecule has 30 heavy (non-hydrogen) atoms. The highest BCUT2D eigenvalue weighted by atomic mass is 16.5. The van der Waals surface area contributed by atoms with Gasteiger partial charge in [-0.3, -0.25) is 4.79 Å². The van der Waals surface area contributed by atoms with E-state index in [1.54, 1.807) is 46.1 Å². The lowest BCUT2D eigenvalue weighted by molar-refractivity contribution is 0.356. The van der Waals surface area contributed by atoms with Crippen LogP contribution in [0.4, 0.5) is 0 Å². The number of benzene rings is 3. The van der Waals surface area contributed by atoms with Gasteiger partial charge in [0.05, 0.1) is 39.3 Å². The molecule has 0 amide bonds. The molecule has 156 valence electrons. The van der Waals surface area contributed by atoms with Crippen molar-refractivity contribution in [1.29, 1.82) is 0 Å². The lowest BCUT2D eigenvalue weighted by atomic mass is 9.95. The molecule has 0 fully saturated rings. The predicted octanol–water partition coefficient (Wildman–Crippen LogP) is 4.44. The monoisotopic (exact) mass is 407 g/mol. The van der Waals surface area contributed by atoms with Crippen LogP contribution in [0.5, 0.6) is 23.0 Å². The number of ether oxygens (including phenoxy) is 4. The van der Waals surface area contributed by atoms with Gasteiger partial charge in [0.1, 0.15) is 0 Å². The van der Waals surface area contributed by atoms with Crippen molar-refractivity contribution >= 4 is 32.4 Å². The Hall–Kier alpha value is -3.41. The number of hydrogen-bond donors (Lipinski definition) is 0. The van der Waals surface area contributed by atoms with Crippen LogP contribution in [0.3, 0.4) is 0 Å². The normalized spacial score (nSPS) is 11.3. The van der Waals surface area contributed by atoms with E-state index in [1.807, 2.05) is 18.2 Å². The van der Waals surface area contributed by atoms with E-state index in [2.05, 4.69) is 13.0 Å². The second-order valence-corrected chi connectivity index (χ2v) is 7.16. The maximum absolute atomic E-state index is 13.3. The van der Waals surface area contributed by atoms with Crippen molar-refractivity contribution in [3.05, 3.63) is 46.2 Å². The van der Waals surface area contributed by atoms with Crippen molar-refractivity contribution in [2.75, 3.05) is 28.4 Å². The summed E-state index contributed by atoms with van der Waals surface area (Å²) in [6.45, 7) is 2.12. The van der Waals surface area contributed by atoms with Gasteiger partial charge in [0.2, 0.25) is 0 Å². The first-order valence-corrected chi connectivity index (χ1v) is 9.75. The molecule has 0 unspecified atom stereocenters. The van der Waals surface area contributed by atoms with Crippen LogP contribution in [0, 0.1) is 0 Å². The Morgan fingerprint density at radius 2 is 1.10 bits per heavy atom. The Bertz CT molecular complexity index is 1350. The van der Waals surface area contributed by atoms with Crippen molar-refractivity contribution in [3.8, 4) is 23.0 Å². The first kappa shape index (κ1) is 19.9. The number of methoxy groups -OCH3 is 4. The van der Waals surface area contributed by atoms with E-state index in [1.165, 1.54) is 0 Å². The van der Waals surface area contributed by atoms with E-state index in [0.29, 0.717) is 28.4 Å². The van der Waals surface area contributed by atoms with Crippen LogP contribution in [0.25, 0.3) is 32.4 Å². The van der Waals surface area contributed by atoms with Gasteiger partial charge in [-0.25, -0.2) is 0 Å². The summed E-state index contributed by atoms with van der Waals surface area (Å²) in [4.78, 5) is 13.3. The van der Waals surface area contributed by atoms with Crippen LogP contribution in [0.15, 0.2) is 35.1 Å². The molecule has 0 atom stereocenters. The molecule has 1 heterocycles. The van der Waals surface area contributed by atoms with Crippen LogP contribution < -0.4 is 24.5 Å². The number of hydrogen-bond acceptors (Lipinski definition) is 5. The predicted molar refractivity (Wildman–Crippen MR) is 120 cm³/mol. The maximum atomic E-state index is 13.3. The van der Waals surface area contributed by atoms with Gasteiger partial charge < -0.3 is 23.5 Å². The summed E-state index contributed by atoms with van der Waals surface area (Å²) < 4.78 is 23.7. The molecule has 0 N–H and O–H groups in total. The summed E-state index contributed by atoms with van der Waals surface area (Å²) in [6, 6.07) is 9.71. The van der Waals surface area contributed by atoms with Gasteiger partial charge in [-0.2, -0.15) is 0 Å². The first-order valence-electron chi connectivity index (χ1n) is 9.75. The van der Waals surface area contributed by atoms with Gasteiger partial charge in [0.15, 0.2) is 23.0 Å². The number of fused-ring (bicyclic) bond motifs is 5. The molecular formula is C24H25NO5. The second kappa shape index (κ2) is 7.44. The molecule has 6 heteroatoms. The summed E-state index contributed by atoms with van der Waals surface area (Å²) in [6.07, 6.45) is 0.833. The number of pyridine rings is 1. The Labute approximate surface area is 174 Å². The van der Waals surface area contributed by atoms with E-state index in [9.17, 15) is 4.79 Å². The van der Waals surface area contributed by atoms with Crippen LogP contribution >= 0.6 is 0 Å². The summed E-state index contributed by atoms with van der Waals surface area (Å²) >= 11 is 0. The van der Waals surface area contributed by atoms with E-state index >= 15 is 0 Å². The minimum Gasteiger partial charge on any atom is -0.493 e. The molecule has 3 aromatic carbocycles. The first-order chi connectivity index (χ1) is 14.5. The van der Waals surface area contributed by atoms with Crippen LogP contribution in [0.1, 0.15) is 12.5 Å². The SMILES string of the molecule is CCc1cc2c3cc(OC)c(OC)cc3c(=O)n(C)c2c2cc(OC)c(OC)cc12. The molecule has 1 aromatic heterocycles. The summed E-state index contributed by atoms with van der Waals surface area (Å²) in [5.41, 5.74) is 1.90. The van der Waals surface area contributed by atoms with E-state index < -0.39 is 0 Å². The van der Waals surface area contributed by atoms with Crippen LogP contribution in [-0.2, 0) is 13.5 Å². The van der Waals surface area contributed by atoms with E-state index in [-0.39, 0.29) is 5.56 Å². The molecule has 0 aliphatic carbocycles. The number of rotatable bonds is 5. The van der Waals surface area contributed by atoms with Gasteiger partial charge in [0.25, 0.3) is 5.56 Å². The molecule has 6 nitrogen and oxygen atoms in total. The molecule has 0 bridgehead atoms. The summed E-state index contributed by atoms with van der Waals surface area (Å²) in [5.74, 6) is 2.41. The van der Waals surface area contributed by atoms with Crippen molar-refractivity contribution in [2.24, 2.45) is 7.05 Å². The highest BCUT2D eigenvalue weighted by Crippen LogP contribution is 2.40. The average molecular weight is 407 g/mol. The Morgan fingerprint density at radius 1 is 0.667 bits per heavy atom. The zero-order valence-electron chi connectivity index (χ0n) is 18.1. The van der Waals surface area contributed by atoms with Gasteiger partial charge in [-0.1, -0.05) is 6.92 Å². The molecule has 0 radical (unpaired) electrons. The molecule has 4 aromatic rings. The zero-order valence-corrected chi connectivity index (χ0v) is 18.1. The highest BCUT2D eigenvalue weighted by Gasteiger charge is 2.18. The van der Waals surface area contributed by atoms with Crippen LogP contribution in [0.2, 0.25) is 0 Å². The Kier molecular flexibility index (Phi) is 4.94. The molecule has 0 spiro atoms. The van der Waals surface area contributed by atoms with Gasteiger partial charge >= 0.3 is 0 Å². The quantitative estimate of drug-likeness (QED) is 0.458. The van der Waals surface area contributed by atoms with Gasteiger partial charge in [-0.05, 0) is 47.7 Å². The van der Waals surface area contributed by atoms with Gasteiger partial charge in [-0.15, -0.1) is 0 Å². The van der Waals surface area contributed by atoms with Gasteiger partial charge in [0, 0.05) is 23.2 Å². The number of aryl methyl sites for hydroxylation is 2. The van der Waals surface area contributed by atoms with Crippen molar-refractivity contribution in [3.63, 3.8) is 0 Å². The third kappa shape index (κ3) is 2.75. The Balaban J connectivity index is 2.30. The molecule has 0 saturated carbocycles. The molecule has 0 aliphatic rings. The lowest BCUT2D eigenvalue weighted by Gasteiger charge is -2.18. The Morgan fingerprint density at radius 3 is 1.60 bits per heavy atom. The third-order valence-electron chi connectivity index (χ3n) is 5.76. The minimum absolute atomic E-state index is 0.0983. The number of nitrogens with zero attached hydrogens (tertiary/aromatic N) is 1. The van der Waals surface area contributed by atoms with E-state index in [0.717, 1.165) is 39.0 Å². The molecule has 0 aliphatic heterocycles. The fraction of sp³-hybridized carbons (Fsp3) is 0.292. The maximum Gasteiger partial charge on any atom is 0.258 e. The second-order valence-electron chi connectivity index (χ2n) is 7.16. The highest BCUT2D eigenvalue weighted by molar-refractivity contribution is 6.17. The number of aromatic nitrogens is 1. The average Bonchev–Trinajstić information content (AvgIpc) is 2.79. The third-order valence-corrected chi connectivity index (χ3v) is 5.76. The standard InChI is InChI=1S/C24H25NO5/c1-7-13-8-16-15-10-20(28-4)22(30-6)12-18(15)24(26)25(2)23(16)17-11-21(29-5)19(27-3)9-14(13)17/h8-12H,7H2,1-6H3. The molecule has 4 rings (SSSR count). The lowest BCUT2D eigenvalue weighted by Crippen LogP contribution is -2.18. The van der Waals surface area contributed by atoms with E-state index in [4.69, 9.17) is 18.9 Å². The molecular weight excluding hydrogens is 382 g/mol. The molecule has 0 saturated heterocycles. The fourth-order valence-corrected chi connectivity index (χ4v) is 4.23. The van der Waals surface area contributed by atoms with Crippen molar-refractivity contribution in [2.45, 2.75) is 13.3 Å². The topological polar surface area (TPSA) is 58.9 Å². The summed E-state index contributed by atoms with van der Waals surface area (Å²) in [7, 11) is 8.19. The summed E-state index contributed by atoms with van der Waals surface area (Å²) in [5, 5.41) is 4.38. The van der Waals surface area contributed by atoms with Crippen molar-refractivity contribution < 1.29 is 18.9 Å². The zero-order chi connectivity index (χ0) is 21.6.